The highest BCUT2D eigenvalue weighted by Gasteiger charge is 2.72. The van der Waals surface area contributed by atoms with Gasteiger partial charge in [0, 0.05) is 19.2 Å². The van der Waals surface area contributed by atoms with E-state index in [4.69, 9.17) is 23.7 Å². The van der Waals surface area contributed by atoms with E-state index in [-0.39, 0.29) is 29.1 Å². The Bertz CT molecular complexity index is 905. The summed E-state index contributed by atoms with van der Waals surface area (Å²) in [5.74, 6) is 0.0877. The highest BCUT2D eigenvalue weighted by molar-refractivity contribution is 5.64. The van der Waals surface area contributed by atoms with E-state index in [2.05, 4.69) is 26.8 Å². The van der Waals surface area contributed by atoms with Gasteiger partial charge in [-0.05, 0) is 52.2 Å². The van der Waals surface area contributed by atoms with Gasteiger partial charge in [0.25, 0.3) is 5.69 Å². The van der Waals surface area contributed by atoms with Crippen molar-refractivity contribution < 1.29 is 33.4 Å². The van der Waals surface area contributed by atoms with Gasteiger partial charge in [-0.3, -0.25) is 10.1 Å². The van der Waals surface area contributed by atoms with Gasteiger partial charge in [-0.25, -0.2) is 4.79 Å². The zero-order valence-electron chi connectivity index (χ0n) is 18.7. The predicted octanol–water partition coefficient (Wildman–Crippen LogP) is 4.19. The topological polar surface area (TPSA) is 113 Å². The molecular weight excluding hydrogens is 418 g/mol. The van der Waals surface area contributed by atoms with Crippen LogP contribution in [0.2, 0.25) is 0 Å². The minimum absolute atomic E-state index is 0.0620. The van der Waals surface area contributed by atoms with Crippen LogP contribution in [0.1, 0.15) is 40.0 Å². The quantitative estimate of drug-likeness (QED) is 0.153. The molecule has 2 unspecified atom stereocenters. The Labute approximate surface area is 186 Å². The molecule has 0 radical (unpaired) electrons. The maximum Gasteiger partial charge on any atom is 0.514 e. The van der Waals surface area contributed by atoms with Crippen molar-refractivity contribution in [2.45, 2.75) is 69.5 Å². The van der Waals surface area contributed by atoms with Gasteiger partial charge in [0.2, 0.25) is 0 Å². The summed E-state index contributed by atoms with van der Waals surface area (Å²) in [4.78, 5) is 22.7. The van der Waals surface area contributed by atoms with Crippen LogP contribution in [-0.4, -0.2) is 54.3 Å². The van der Waals surface area contributed by atoms with E-state index in [0.29, 0.717) is 13.0 Å². The number of carbonyl (C=O) groups excluding carboxylic acids is 1. The second-order valence-corrected chi connectivity index (χ2v) is 9.14. The van der Waals surface area contributed by atoms with Crippen molar-refractivity contribution in [3.63, 3.8) is 0 Å². The Morgan fingerprint density at radius 3 is 2.56 bits per heavy atom. The van der Waals surface area contributed by atoms with Gasteiger partial charge in [-0.2, -0.15) is 0 Å². The maximum atomic E-state index is 12.4. The molecule has 1 saturated carbocycles. The van der Waals surface area contributed by atoms with Gasteiger partial charge in [0.15, 0.2) is 0 Å². The van der Waals surface area contributed by atoms with E-state index in [1.165, 1.54) is 29.8 Å². The molecule has 9 heteroatoms. The highest BCUT2D eigenvalue weighted by Crippen LogP contribution is 2.59. The van der Waals surface area contributed by atoms with Crippen LogP contribution in [0, 0.1) is 16.0 Å². The molecule has 4 rings (SSSR count). The Morgan fingerprint density at radius 1 is 1.31 bits per heavy atom. The highest BCUT2D eigenvalue weighted by atomic mass is 16.7. The van der Waals surface area contributed by atoms with E-state index >= 15 is 0 Å². The van der Waals surface area contributed by atoms with Crippen molar-refractivity contribution in [1.29, 1.82) is 0 Å². The van der Waals surface area contributed by atoms with Crippen LogP contribution in [0.3, 0.4) is 0 Å². The number of nitro benzene ring substituents is 1. The summed E-state index contributed by atoms with van der Waals surface area (Å²) in [6.07, 6.45) is 2.56. The average molecular weight is 447 g/mol. The molecule has 2 saturated heterocycles. The van der Waals surface area contributed by atoms with Crippen LogP contribution >= 0.6 is 0 Å². The first-order valence-corrected chi connectivity index (χ1v) is 10.8. The number of nitro groups is 1. The first-order chi connectivity index (χ1) is 15.2. The van der Waals surface area contributed by atoms with Crippen molar-refractivity contribution in [3.8, 4) is 5.75 Å². The third-order valence-corrected chi connectivity index (χ3v) is 6.73. The molecular formula is C23H29NO8. The SMILES string of the molecule is CO[C@H]1C(C2(C)O[C@@H]2CC=C(C)C)[C@]2(CC[C@H]1OC(=O)Oc1ccc([N+](=O)[O-])cc1)CO2. The van der Waals surface area contributed by atoms with Crippen molar-refractivity contribution in [3.05, 3.63) is 46.0 Å². The van der Waals surface area contributed by atoms with Crippen molar-refractivity contribution >= 4 is 11.8 Å². The number of carbonyl (C=O) groups is 1. The van der Waals surface area contributed by atoms with Crippen LogP contribution < -0.4 is 4.74 Å². The molecule has 0 N–H and O–H groups in total. The van der Waals surface area contributed by atoms with E-state index < -0.39 is 28.9 Å². The lowest BCUT2D eigenvalue weighted by molar-refractivity contribution is -0.384. The normalized spacial score (nSPS) is 35.1. The van der Waals surface area contributed by atoms with Crippen molar-refractivity contribution in [2.75, 3.05) is 13.7 Å². The van der Waals surface area contributed by atoms with E-state index in [1.807, 2.05) is 0 Å². The largest absolute Gasteiger partial charge is 0.514 e. The van der Waals surface area contributed by atoms with Crippen LogP contribution in [0.5, 0.6) is 5.75 Å². The summed E-state index contributed by atoms with van der Waals surface area (Å²) < 4.78 is 28.8. The molecule has 1 aliphatic carbocycles. The molecule has 6 atom stereocenters. The minimum atomic E-state index is -0.875. The second kappa shape index (κ2) is 8.46. The van der Waals surface area contributed by atoms with Gasteiger partial charge in [0.1, 0.15) is 29.2 Å². The third-order valence-electron chi connectivity index (χ3n) is 6.73. The number of epoxide rings is 2. The summed E-state index contributed by atoms with van der Waals surface area (Å²) in [6.45, 7) is 6.84. The number of nitrogens with zero attached hydrogens (tertiary/aromatic N) is 1. The summed E-state index contributed by atoms with van der Waals surface area (Å²) in [6, 6.07) is 5.25. The number of rotatable bonds is 7. The molecule has 2 aliphatic heterocycles. The zero-order chi connectivity index (χ0) is 23.1. The zero-order valence-corrected chi connectivity index (χ0v) is 18.7. The van der Waals surface area contributed by atoms with E-state index in [0.717, 1.165) is 12.8 Å². The summed E-state index contributed by atoms with van der Waals surface area (Å²) in [5.41, 5.74) is 0.419. The van der Waals surface area contributed by atoms with Gasteiger partial charge < -0.3 is 23.7 Å². The van der Waals surface area contributed by atoms with Gasteiger partial charge >= 0.3 is 6.16 Å². The third kappa shape index (κ3) is 4.37. The molecule has 1 spiro atoms. The Hall–Kier alpha value is -2.49. The van der Waals surface area contributed by atoms with Gasteiger partial charge in [-0.1, -0.05) is 11.6 Å². The lowest BCUT2D eigenvalue weighted by Gasteiger charge is -2.42. The molecule has 2 heterocycles. The fraction of sp³-hybridized carbons (Fsp3) is 0.609. The van der Waals surface area contributed by atoms with Crippen molar-refractivity contribution in [1.82, 2.24) is 0 Å². The number of ether oxygens (including phenoxy) is 5. The molecule has 0 amide bonds. The summed E-state index contributed by atoms with van der Waals surface area (Å²) >= 11 is 0. The summed E-state index contributed by atoms with van der Waals surface area (Å²) in [7, 11) is 1.61. The molecule has 1 aromatic rings. The lowest BCUT2D eigenvalue weighted by atomic mass is 9.68. The predicted molar refractivity (Wildman–Crippen MR) is 114 cm³/mol. The molecule has 174 valence electrons. The monoisotopic (exact) mass is 447 g/mol. The first kappa shape index (κ1) is 22.7. The molecule has 9 nitrogen and oxygen atoms in total. The molecule has 1 aromatic carbocycles. The maximum absolute atomic E-state index is 12.4. The lowest BCUT2D eigenvalue weighted by Crippen LogP contribution is -2.55. The number of allylic oxidation sites excluding steroid dienone is 1. The van der Waals surface area contributed by atoms with Crippen molar-refractivity contribution in [2.24, 2.45) is 5.92 Å². The smallest absolute Gasteiger partial charge is 0.428 e. The van der Waals surface area contributed by atoms with Gasteiger partial charge in [-0.15, -0.1) is 0 Å². The van der Waals surface area contributed by atoms with Crippen LogP contribution in [0.25, 0.3) is 0 Å². The molecule has 0 bridgehead atoms. The molecule has 3 fully saturated rings. The van der Waals surface area contributed by atoms with Crippen LogP contribution in [0.15, 0.2) is 35.9 Å². The van der Waals surface area contributed by atoms with Gasteiger partial charge in [0.05, 0.1) is 23.6 Å². The average Bonchev–Trinajstić information content (AvgIpc) is 3.65. The standard InChI is InChI=1S/C23H29NO8/c1-14(2)5-10-18-22(3,32-18)20-19(28-4)17(11-12-23(20)13-29-23)31-21(25)30-16-8-6-15(7-9-16)24(26)27/h5-9,17-20H,10-13H2,1-4H3/t17-,18-,19-,20?,22?,23+/m1/s1. The number of hydrogen-bond acceptors (Lipinski definition) is 8. The minimum Gasteiger partial charge on any atom is -0.428 e. The second-order valence-electron chi connectivity index (χ2n) is 9.14. The van der Waals surface area contributed by atoms with Crippen LogP contribution in [-0.2, 0) is 18.9 Å². The van der Waals surface area contributed by atoms with Crippen LogP contribution in [0.4, 0.5) is 10.5 Å². The Balaban J connectivity index is 1.44. The molecule has 32 heavy (non-hydrogen) atoms. The fourth-order valence-electron chi connectivity index (χ4n) is 4.95. The first-order valence-electron chi connectivity index (χ1n) is 10.8. The number of benzene rings is 1. The van der Waals surface area contributed by atoms with E-state index in [1.54, 1.807) is 7.11 Å². The fourth-order valence-corrected chi connectivity index (χ4v) is 4.95. The number of methoxy groups -OCH3 is 1. The molecule has 0 aromatic heterocycles. The number of non-ortho nitro benzene ring substituents is 1. The van der Waals surface area contributed by atoms with E-state index in [9.17, 15) is 14.9 Å². The Kier molecular flexibility index (Phi) is 6.00. The number of hydrogen-bond donors (Lipinski definition) is 0. The Morgan fingerprint density at radius 2 is 2.00 bits per heavy atom. The summed E-state index contributed by atoms with van der Waals surface area (Å²) in [5, 5.41) is 10.8. The molecule has 3 aliphatic rings.